The average Bonchev–Trinajstić information content (AvgIpc) is 2.36. The van der Waals surface area contributed by atoms with E-state index >= 15 is 0 Å². The third-order valence-corrected chi connectivity index (χ3v) is 3.61. The van der Waals surface area contributed by atoms with Gasteiger partial charge in [0.1, 0.15) is 6.04 Å². The van der Waals surface area contributed by atoms with Gasteiger partial charge in [-0.15, -0.1) is 0 Å². The van der Waals surface area contributed by atoms with Crippen LogP contribution < -0.4 is 5.73 Å². The highest BCUT2D eigenvalue weighted by Gasteiger charge is 2.47. The number of nitrogens with two attached hydrogens (primary N) is 1. The summed E-state index contributed by atoms with van der Waals surface area (Å²) in [6.07, 6.45) is -4.42. The summed E-state index contributed by atoms with van der Waals surface area (Å²) in [5.74, 6) is 0. The van der Waals surface area contributed by atoms with Crippen LogP contribution in [0.1, 0.15) is 19.4 Å². The highest BCUT2D eigenvalue weighted by molar-refractivity contribution is 5.86. The maximum Gasteiger partial charge on any atom is 0.404 e. The monoisotopic (exact) mass is 267 g/mol. The maximum absolute atomic E-state index is 12.9. The first-order valence-corrected chi connectivity index (χ1v) is 6.05. The third-order valence-electron chi connectivity index (χ3n) is 3.61. The smallest absolute Gasteiger partial charge is 0.319 e. The molecule has 102 valence electrons. The minimum absolute atomic E-state index is 0.621. The van der Waals surface area contributed by atoms with Gasteiger partial charge in [0.2, 0.25) is 0 Å². The van der Waals surface area contributed by atoms with Gasteiger partial charge >= 0.3 is 6.18 Å². The predicted octanol–water partition coefficient (Wildman–Crippen LogP) is 4.01. The number of hydrogen-bond acceptors (Lipinski definition) is 1. The standard InChI is InChI=1S/C15H16F3N/c1-14(2,13(19)15(16,17)18)12-9-5-7-10-6-3-4-8-11(10)12/h3-9,13H,19H2,1-2H3. The molecule has 2 N–H and O–H groups in total. The van der Waals surface area contributed by atoms with Crippen LogP contribution in [0.2, 0.25) is 0 Å². The van der Waals surface area contributed by atoms with Gasteiger partial charge in [-0.2, -0.15) is 13.2 Å². The van der Waals surface area contributed by atoms with Crippen molar-refractivity contribution < 1.29 is 13.2 Å². The molecule has 0 aliphatic rings. The van der Waals surface area contributed by atoms with Crippen LogP contribution in [0.4, 0.5) is 13.2 Å². The van der Waals surface area contributed by atoms with E-state index in [1.54, 1.807) is 12.1 Å². The van der Waals surface area contributed by atoms with Crippen LogP contribution in [-0.2, 0) is 5.41 Å². The fourth-order valence-corrected chi connectivity index (χ4v) is 2.36. The molecule has 0 aromatic heterocycles. The van der Waals surface area contributed by atoms with Gasteiger partial charge in [0, 0.05) is 5.41 Å². The Morgan fingerprint density at radius 3 is 2.16 bits per heavy atom. The molecule has 4 heteroatoms. The lowest BCUT2D eigenvalue weighted by Crippen LogP contribution is -2.51. The van der Waals surface area contributed by atoms with E-state index in [1.165, 1.54) is 13.8 Å². The van der Waals surface area contributed by atoms with Gasteiger partial charge in [0.15, 0.2) is 0 Å². The molecule has 1 unspecified atom stereocenters. The van der Waals surface area contributed by atoms with Crippen LogP contribution in [-0.4, -0.2) is 12.2 Å². The SMILES string of the molecule is CC(C)(c1cccc2ccccc12)C(N)C(F)(F)F. The van der Waals surface area contributed by atoms with Crippen molar-refractivity contribution in [2.45, 2.75) is 31.5 Å². The van der Waals surface area contributed by atoms with Crippen LogP contribution >= 0.6 is 0 Å². The first-order valence-electron chi connectivity index (χ1n) is 6.05. The number of alkyl halides is 3. The lowest BCUT2D eigenvalue weighted by molar-refractivity contribution is -0.160. The molecule has 0 saturated carbocycles. The molecule has 0 amide bonds. The number of benzene rings is 2. The number of halogens is 3. The number of hydrogen-bond donors (Lipinski definition) is 1. The van der Waals surface area contributed by atoms with Gasteiger partial charge in [0.25, 0.3) is 0 Å². The summed E-state index contributed by atoms with van der Waals surface area (Å²) < 4.78 is 38.7. The molecule has 0 bridgehead atoms. The van der Waals surface area contributed by atoms with E-state index < -0.39 is 17.6 Å². The zero-order valence-corrected chi connectivity index (χ0v) is 10.8. The Morgan fingerprint density at radius 2 is 1.53 bits per heavy atom. The summed E-state index contributed by atoms with van der Waals surface area (Å²) >= 11 is 0. The van der Waals surface area contributed by atoms with Crippen molar-refractivity contribution in [1.82, 2.24) is 0 Å². The Morgan fingerprint density at radius 1 is 0.947 bits per heavy atom. The van der Waals surface area contributed by atoms with E-state index in [2.05, 4.69) is 0 Å². The molecule has 0 fully saturated rings. The molecule has 1 atom stereocenters. The van der Waals surface area contributed by atoms with Crippen molar-refractivity contribution in [3.63, 3.8) is 0 Å². The van der Waals surface area contributed by atoms with E-state index in [1.807, 2.05) is 30.3 Å². The van der Waals surface area contributed by atoms with Gasteiger partial charge < -0.3 is 5.73 Å². The van der Waals surface area contributed by atoms with E-state index in [0.29, 0.717) is 5.56 Å². The molecule has 0 aliphatic heterocycles. The normalized spacial score (nSPS) is 14.6. The molecule has 0 heterocycles. The largest absolute Gasteiger partial charge is 0.404 e. The molecule has 1 nitrogen and oxygen atoms in total. The summed E-state index contributed by atoms with van der Waals surface area (Å²) in [4.78, 5) is 0. The van der Waals surface area contributed by atoms with Gasteiger partial charge in [-0.3, -0.25) is 0 Å². The molecule has 0 radical (unpaired) electrons. The minimum Gasteiger partial charge on any atom is -0.319 e. The lowest BCUT2D eigenvalue weighted by atomic mass is 9.76. The maximum atomic E-state index is 12.9. The van der Waals surface area contributed by atoms with E-state index in [9.17, 15) is 13.2 Å². The molecular weight excluding hydrogens is 251 g/mol. The van der Waals surface area contributed by atoms with Crippen molar-refractivity contribution in [3.8, 4) is 0 Å². The van der Waals surface area contributed by atoms with Gasteiger partial charge in [-0.25, -0.2) is 0 Å². The van der Waals surface area contributed by atoms with Crippen LogP contribution in [0.3, 0.4) is 0 Å². The van der Waals surface area contributed by atoms with E-state index in [4.69, 9.17) is 5.73 Å². The summed E-state index contributed by atoms with van der Waals surface area (Å²) in [7, 11) is 0. The Labute approximate surface area is 110 Å². The van der Waals surface area contributed by atoms with Crippen LogP contribution in [0.25, 0.3) is 10.8 Å². The third kappa shape index (κ3) is 2.45. The average molecular weight is 267 g/mol. The second-order valence-electron chi connectivity index (χ2n) is 5.27. The zero-order valence-electron chi connectivity index (χ0n) is 10.8. The highest BCUT2D eigenvalue weighted by Crippen LogP contribution is 2.38. The first kappa shape index (κ1) is 13.9. The second-order valence-corrected chi connectivity index (χ2v) is 5.27. The fourth-order valence-electron chi connectivity index (χ4n) is 2.36. The predicted molar refractivity (Wildman–Crippen MR) is 71.0 cm³/mol. The molecule has 0 aliphatic carbocycles. The Kier molecular flexibility index (Phi) is 3.31. The van der Waals surface area contributed by atoms with Crippen LogP contribution in [0.5, 0.6) is 0 Å². The second kappa shape index (κ2) is 4.53. The lowest BCUT2D eigenvalue weighted by Gasteiger charge is -2.34. The van der Waals surface area contributed by atoms with Gasteiger partial charge in [0.05, 0.1) is 0 Å². The molecule has 0 saturated heterocycles. The summed E-state index contributed by atoms with van der Waals surface area (Å²) in [5.41, 5.74) is 4.87. The summed E-state index contributed by atoms with van der Waals surface area (Å²) in [6.45, 7) is 3.07. The molecule has 19 heavy (non-hydrogen) atoms. The Hall–Kier alpha value is -1.55. The first-order chi connectivity index (χ1) is 8.74. The minimum atomic E-state index is -4.42. The highest BCUT2D eigenvalue weighted by atomic mass is 19.4. The van der Waals surface area contributed by atoms with Gasteiger partial charge in [-0.1, -0.05) is 56.3 Å². The Balaban J connectivity index is 2.61. The molecule has 2 rings (SSSR count). The van der Waals surface area contributed by atoms with Crippen molar-refractivity contribution in [1.29, 1.82) is 0 Å². The molecule has 0 spiro atoms. The zero-order chi connectivity index (χ0) is 14.3. The fraction of sp³-hybridized carbons (Fsp3) is 0.333. The van der Waals surface area contributed by atoms with Crippen molar-refractivity contribution in [3.05, 3.63) is 48.0 Å². The topological polar surface area (TPSA) is 26.0 Å². The molecule has 2 aromatic rings. The van der Waals surface area contributed by atoms with Crippen molar-refractivity contribution in [2.24, 2.45) is 5.73 Å². The number of rotatable bonds is 2. The van der Waals surface area contributed by atoms with Crippen molar-refractivity contribution >= 4 is 10.8 Å². The summed E-state index contributed by atoms with van der Waals surface area (Å²) in [6, 6.07) is 10.9. The van der Waals surface area contributed by atoms with E-state index in [0.717, 1.165) is 10.8 Å². The Bertz CT molecular complexity index is 582. The van der Waals surface area contributed by atoms with Crippen LogP contribution in [0.15, 0.2) is 42.5 Å². The van der Waals surface area contributed by atoms with Crippen LogP contribution in [0, 0.1) is 0 Å². The van der Waals surface area contributed by atoms with E-state index in [-0.39, 0.29) is 0 Å². The quantitative estimate of drug-likeness (QED) is 0.874. The molecule has 2 aromatic carbocycles. The molecular formula is C15H16F3N. The summed E-state index contributed by atoms with van der Waals surface area (Å²) in [5, 5.41) is 1.73. The van der Waals surface area contributed by atoms with Gasteiger partial charge in [-0.05, 0) is 16.3 Å². The number of fused-ring (bicyclic) bond motifs is 1. The van der Waals surface area contributed by atoms with Crippen molar-refractivity contribution in [2.75, 3.05) is 0 Å².